The van der Waals surface area contributed by atoms with Crippen LogP contribution in [0.15, 0.2) is 18.2 Å². The molecule has 0 unspecified atom stereocenters. The molecule has 1 saturated carbocycles. The van der Waals surface area contributed by atoms with Crippen LogP contribution in [0.4, 0.5) is 5.69 Å². The fourth-order valence-electron chi connectivity index (χ4n) is 3.04. The largest absolute Gasteiger partial charge is 0.325 e. The second-order valence-corrected chi connectivity index (χ2v) is 6.27. The van der Waals surface area contributed by atoms with E-state index in [9.17, 15) is 10.1 Å². The zero-order chi connectivity index (χ0) is 14.6. The summed E-state index contributed by atoms with van der Waals surface area (Å²) in [5.41, 5.74) is 6.96. The van der Waals surface area contributed by atoms with E-state index in [0.29, 0.717) is 17.0 Å². The molecule has 0 heterocycles. The molecular weight excluding hydrogens is 276 g/mol. The molecule has 1 aromatic carbocycles. The molecule has 0 radical (unpaired) electrons. The van der Waals surface area contributed by atoms with Gasteiger partial charge in [0.25, 0.3) is 5.69 Å². The van der Waals surface area contributed by atoms with E-state index < -0.39 is 0 Å². The zero-order valence-electron chi connectivity index (χ0n) is 11.6. The van der Waals surface area contributed by atoms with Gasteiger partial charge in [-0.2, -0.15) is 0 Å². The van der Waals surface area contributed by atoms with Gasteiger partial charge in [-0.05, 0) is 31.4 Å². The van der Waals surface area contributed by atoms with E-state index in [1.54, 1.807) is 12.1 Å². The molecule has 5 heteroatoms. The van der Waals surface area contributed by atoms with Crippen LogP contribution in [0.3, 0.4) is 0 Å². The lowest BCUT2D eigenvalue weighted by Crippen LogP contribution is -2.42. The third-order valence-electron chi connectivity index (χ3n) is 4.13. The highest BCUT2D eigenvalue weighted by atomic mass is 35.5. The molecule has 2 N–H and O–H groups in total. The fourth-order valence-corrected chi connectivity index (χ4v) is 3.23. The van der Waals surface area contributed by atoms with Gasteiger partial charge in [-0.1, -0.05) is 43.7 Å². The van der Waals surface area contributed by atoms with Crippen molar-refractivity contribution in [2.24, 2.45) is 5.73 Å². The first-order valence-electron chi connectivity index (χ1n) is 7.22. The van der Waals surface area contributed by atoms with Crippen molar-refractivity contribution in [2.45, 2.75) is 56.9 Å². The summed E-state index contributed by atoms with van der Waals surface area (Å²) < 4.78 is 0. The smallest absolute Gasteiger partial charge is 0.272 e. The summed E-state index contributed by atoms with van der Waals surface area (Å²) in [5.74, 6) is 0. The van der Waals surface area contributed by atoms with Gasteiger partial charge in [-0.25, -0.2) is 0 Å². The van der Waals surface area contributed by atoms with Gasteiger partial charge >= 0.3 is 0 Å². The van der Waals surface area contributed by atoms with E-state index in [-0.39, 0.29) is 16.1 Å². The Kier molecular flexibility index (Phi) is 5.00. The van der Waals surface area contributed by atoms with Gasteiger partial charge in [0.05, 0.1) is 4.92 Å². The lowest BCUT2D eigenvalue weighted by atomic mass is 9.80. The van der Waals surface area contributed by atoms with Crippen molar-refractivity contribution in [3.05, 3.63) is 38.9 Å². The van der Waals surface area contributed by atoms with Crippen LogP contribution in [0.25, 0.3) is 0 Å². The summed E-state index contributed by atoms with van der Waals surface area (Å²) >= 11 is 5.98. The topological polar surface area (TPSA) is 69.2 Å². The molecule has 0 bridgehead atoms. The highest BCUT2D eigenvalue weighted by Gasteiger charge is 2.29. The second-order valence-electron chi connectivity index (χ2n) is 5.84. The third kappa shape index (κ3) is 3.93. The molecular formula is C15H21ClN2O2. The van der Waals surface area contributed by atoms with Crippen LogP contribution in [0.5, 0.6) is 0 Å². The number of rotatable bonds is 3. The van der Waals surface area contributed by atoms with Crippen LogP contribution in [-0.4, -0.2) is 10.5 Å². The van der Waals surface area contributed by atoms with Crippen molar-refractivity contribution in [1.82, 2.24) is 0 Å². The molecule has 4 nitrogen and oxygen atoms in total. The summed E-state index contributed by atoms with van der Waals surface area (Å²) in [5, 5.41) is 11.7. The highest BCUT2D eigenvalue weighted by Crippen LogP contribution is 2.31. The van der Waals surface area contributed by atoms with Crippen LogP contribution in [0.2, 0.25) is 5.02 Å². The number of hydrogen-bond donors (Lipinski definition) is 1. The molecule has 20 heavy (non-hydrogen) atoms. The van der Waals surface area contributed by atoms with Crippen molar-refractivity contribution < 1.29 is 4.92 Å². The van der Waals surface area contributed by atoms with Crippen molar-refractivity contribution in [3.63, 3.8) is 0 Å². The molecule has 0 aromatic heterocycles. The van der Waals surface area contributed by atoms with E-state index >= 15 is 0 Å². The number of hydrogen-bond acceptors (Lipinski definition) is 3. The Labute approximate surface area is 124 Å². The minimum absolute atomic E-state index is 0.126. The lowest BCUT2D eigenvalue weighted by molar-refractivity contribution is -0.385. The van der Waals surface area contributed by atoms with Gasteiger partial charge in [0.2, 0.25) is 0 Å². The quantitative estimate of drug-likeness (QED) is 0.670. The van der Waals surface area contributed by atoms with Gasteiger partial charge in [0, 0.05) is 22.2 Å². The molecule has 1 aliphatic carbocycles. The molecule has 0 saturated heterocycles. The van der Waals surface area contributed by atoms with Crippen LogP contribution in [0, 0.1) is 10.1 Å². The number of halogens is 1. The van der Waals surface area contributed by atoms with Gasteiger partial charge in [-0.15, -0.1) is 0 Å². The van der Waals surface area contributed by atoms with Gasteiger partial charge < -0.3 is 5.73 Å². The maximum atomic E-state index is 11.1. The molecule has 0 spiro atoms. The van der Waals surface area contributed by atoms with E-state index in [2.05, 4.69) is 0 Å². The fraction of sp³-hybridized carbons (Fsp3) is 0.600. The summed E-state index contributed by atoms with van der Waals surface area (Å²) in [6.07, 6.45) is 8.27. The minimum atomic E-state index is -0.349. The van der Waals surface area contributed by atoms with E-state index in [1.165, 1.54) is 25.3 Å². The zero-order valence-corrected chi connectivity index (χ0v) is 12.4. The van der Waals surface area contributed by atoms with Gasteiger partial charge in [0.1, 0.15) is 0 Å². The maximum absolute atomic E-state index is 11.1. The molecule has 1 aliphatic rings. The number of nitrogens with two attached hydrogens (primary N) is 1. The predicted octanol–water partition coefficient (Wildman–Crippen LogP) is 4.23. The van der Waals surface area contributed by atoms with E-state index in [4.69, 9.17) is 17.3 Å². The first-order valence-corrected chi connectivity index (χ1v) is 7.60. The Morgan fingerprint density at radius 1 is 1.20 bits per heavy atom. The average Bonchev–Trinajstić information content (AvgIpc) is 2.34. The molecule has 2 rings (SSSR count). The number of nitrogens with zero attached hydrogens (tertiary/aromatic N) is 1. The summed E-state index contributed by atoms with van der Waals surface area (Å²) in [7, 11) is 0. The molecule has 0 amide bonds. The molecule has 0 atom stereocenters. The lowest BCUT2D eigenvalue weighted by Gasteiger charge is -2.31. The Morgan fingerprint density at radius 2 is 1.80 bits per heavy atom. The van der Waals surface area contributed by atoms with Crippen LogP contribution >= 0.6 is 11.6 Å². The number of nitro groups is 1. The summed E-state index contributed by atoms with van der Waals surface area (Å²) in [6.45, 7) is 0. The molecule has 1 fully saturated rings. The highest BCUT2D eigenvalue weighted by molar-refractivity contribution is 6.30. The van der Waals surface area contributed by atoms with Crippen molar-refractivity contribution >= 4 is 17.3 Å². The van der Waals surface area contributed by atoms with E-state index in [0.717, 1.165) is 25.7 Å². The Hall–Kier alpha value is -1.13. The van der Waals surface area contributed by atoms with Gasteiger partial charge in [0.15, 0.2) is 0 Å². The predicted molar refractivity (Wildman–Crippen MR) is 81.0 cm³/mol. The first-order chi connectivity index (χ1) is 9.50. The first kappa shape index (κ1) is 15.3. The standard InChI is InChI=1S/C15H21ClN2O2/c16-13-6-7-14(18(19)20)12(10-13)11-15(17)8-4-2-1-3-5-9-15/h6-7,10H,1-5,8-9,11,17H2. The maximum Gasteiger partial charge on any atom is 0.272 e. The SMILES string of the molecule is NC1(Cc2cc(Cl)ccc2[N+](=O)[O-])CCCCCCC1. The monoisotopic (exact) mass is 296 g/mol. The Morgan fingerprint density at radius 3 is 2.40 bits per heavy atom. The van der Waals surface area contributed by atoms with Crippen LogP contribution < -0.4 is 5.73 Å². The summed E-state index contributed by atoms with van der Waals surface area (Å²) in [4.78, 5) is 10.8. The second kappa shape index (κ2) is 6.55. The molecule has 110 valence electrons. The Bertz CT molecular complexity index is 483. The number of nitro benzene ring substituents is 1. The third-order valence-corrected chi connectivity index (χ3v) is 4.37. The minimum Gasteiger partial charge on any atom is -0.325 e. The van der Waals surface area contributed by atoms with E-state index in [1.807, 2.05) is 0 Å². The van der Waals surface area contributed by atoms with Crippen molar-refractivity contribution in [3.8, 4) is 0 Å². The average molecular weight is 297 g/mol. The number of benzene rings is 1. The molecule has 1 aromatic rings. The normalized spacial score (nSPS) is 19.1. The van der Waals surface area contributed by atoms with Gasteiger partial charge in [-0.3, -0.25) is 10.1 Å². The summed E-state index contributed by atoms with van der Waals surface area (Å²) in [6, 6.07) is 4.72. The molecule has 0 aliphatic heterocycles. The van der Waals surface area contributed by atoms with Crippen molar-refractivity contribution in [1.29, 1.82) is 0 Å². The Balaban J connectivity index is 2.22. The van der Waals surface area contributed by atoms with Crippen molar-refractivity contribution in [2.75, 3.05) is 0 Å². The van der Waals surface area contributed by atoms with Crippen LogP contribution in [-0.2, 0) is 6.42 Å². The van der Waals surface area contributed by atoms with Crippen LogP contribution in [0.1, 0.15) is 50.5 Å².